The van der Waals surface area contributed by atoms with Crippen LogP contribution >= 0.6 is 7.92 Å². The quantitative estimate of drug-likeness (QED) is 0.188. The molecular weight excluding hydrogens is 627 g/mol. The van der Waals surface area contributed by atoms with Gasteiger partial charge in [-0.15, -0.1) is 0 Å². The second kappa shape index (κ2) is 15.5. The van der Waals surface area contributed by atoms with E-state index in [0.717, 1.165) is 45.3 Å². The molecule has 0 radical (unpaired) electrons. The zero-order valence-electron chi connectivity index (χ0n) is 32.6. The Morgan fingerprint density at radius 2 is 0.816 bits per heavy atom. The summed E-state index contributed by atoms with van der Waals surface area (Å²) >= 11 is 0. The molecule has 1 aliphatic heterocycles. The fourth-order valence-electron chi connectivity index (χ4n) is 6.87. The maximum absolute atomic E-state index is 13.7. The van der Waals surface area contributed by atoms with E-state index in [0.29, 0.717) is 18.6 Å². The van der Waals surface area contributed by atoms with E-state index in [2.05, 4.69) is 139 Å². The van der Waals surface area contributed by atoms with Crippen LogP contribution in [0.15, 0.2) is 54.6 Å². The summed E-state index contributed by atoms with van der Waals surface area (Å²) in [6, 6.07) is 18.9. The highest BCUT2D eigenvalue weighted by atomic mass is 31.1. The van der Waals surface area contributed by atoms with Crippen LogP contribution < -0.4 is 24.3 Å². The summed E-state index contributed by atoms with van der Waals surface area (Å²) in [5.41, 5.74) is 4.14. The summed E-state index contributed by atoms with van der Waals surface area (Å²) < 4.78 is 26.4. The van der Waals surface area contributed by atoms with Gasteiger partial charge in [-0.1, -0.05) is 79.8 Å². The third-order valence-electron chi connectivity index (χ3n) is 8.77. The zero-order chi connectivity index (χ0) is 36.4. The van der Waals surface area contributed by atoms with Crippen molar-refractivity contribution in [3.8, 4) is 45.3 Å². The lowest BCUT2D eigenvalue weighted by molar-refractivity contribution is -0.120. The lowest BCUT2D eigenvalue weighted by Gasteiger charge is -2.50. The van der Waals surface area contributed by atoms with Crippen molar-refractivity contribution in [3.05, 3.63) is 54.6 Å². The van der Waals surface area contributed by atoms with Gasteiger partial charge >= 0.3 is 0 Å². The Balaban J connectivity index is 2.27. The number of hydrogen-bond acceptors (Lipinski definition) is 5. The normalized spacial score (nSPS) is 18.8. The molecule has 6 heteroatoms. The van der Waals surface area contributed by atoms with Gasteiger partial charge in [0.25, 0.3) is 0 Å². The monoisotopic (exact) mass is 688 g/mol. The van der Waals surface area contributed by atoms with Crippen molar-refractivity contribution >= 4 is 19.0 Å². The van der Waals surface area contributed by atoms with Crippen LogP contribution in [-0.4, -0.2) is 41.5 Å². The Morgan fingerprint density at radius 1 is 0.531 bits per heavy atom. The maximum Gasteiger partial charge on any atom is 0.134 e. The molecule has 3 aromatic carbocycles. The van der Waals surface area contributed by atoms with E-state index in [1.165, 1.54) is 5.30 Å². The first-order valence-electron chi connectivity index (χ1n) is 18.2. The molecule has 1 heterocycles. The summed E-state index contributed by atoms with van der Waals surface area (Å²) in [7, 11) is -0.959. The number of carbonyl (C=O) groups is 1. The number of ketones is 1. The Kier molecular flexibility index (Phi) is 12.2. The van der Waals surface area contributed by atoms with E-state index < -0.39 is 7.92 Å². The van der Waals surface area contributed by atoms with Crippen LogP contribution in [0.3, 0.4) is 0 Å². The smallest absolute Gasteiger partial charge is 0.134 e. The highest BCUT2D eigenvalue weighted by Gasteiger charge is 2.49. The number of ether oxygens (including phenoxy) is 4. The molecule has 0 bridgehead atoms. The fraction of sp³-hybridized carbons (Fsp3) is 0.558. The third-order valence-corrected chi connectivity index (χ3v) is 13.0. The first-order chi connectivity index (χ1) is 22.8. The fourth-order valence-corrected chi connectivity index (χ4v) is 11.3. The molecule has 0 amide bonds. The van der Waals surface area contributed by atoms with Crippen LogP contribution in [0.2, 0.25) is 0 Å². The molecule has 5 nitrogen and oxygen atoms in total. The van der Waals surface area contributed by atoms with Gasteiger partial charge in [-0.05, 0) is 118 Å². The van der Waals surface area contributed by atoms with E-state index >= 15 is 0 Å². The van der Waals surface area contributed by atoms with Crippen LogP contribution in [0.5, 0.6) is 23.0 Å². The summed E-state index contributed by atoms with van der Waals surface area (Å²) in [5.74, 6) is 3.52. The minimum absolute atomic E-state index is 0.0337. The Bertz CT molecular complexity index is 1420. The minimum Gasteiger partial charge on any atom is -0.490 e. The molecule has 2 atom stereocenters. The SMILES string of the molecule is CC(C)Oc1cccc(OC(C)C)c1-c1cccc(-c2c(OC(C)C)cccc2OC(C)C)c1P1C(C(C)(C)C)CC(=O)CC1C(C)(C)C. The molecule has 49 heavy (non-hydrogen) atoms. The number of benzene rings is 3. The van der Waals surface area contributed by atoms with E-state index in [-0.39, 0.29) is 46.6 Å². The van der Waals surface area contributed by atoms with E-state index in [1.807, 2.05) is 12.1 Å². The van der Waals surface area contributed by atoms with Crippen LogP contribution in [0.25, 0.3) is 22.3 Å². The first kappa shape index (κ1) is 38.8. The van der Waals surface area contributed by atoms with E-state index in [1.54, 1.807) is 0 Å². The van der Waals surface area contributed by atoms with Gasteiger partial charge in [0.1, 0.15) is 28.8 Å². The topological polar surface area (TPSA) is 54.0 Å². The number of Topliss-reactive ketones (excluding diaryl/α,β-unsaturated/α-hetero) is 1. The van der Waals surface area contributed by atoms with E-state index in [9.17, 15) is 4.79 Å². The van der Waals surface area contributed by atoms with Crippen molar-refractivity contribution in [3.63, 3.8) is 0 Å². The second-order valence-electron chi connectivity index (χ2n) is 16.7. The van der Waals surface area contributed by atoms with Gasteiger partial charge in [-0.2, -0.15) is 0 Å². The molecule has 0 aliphatic carbocycles. The Labute approximate surface area is 298 Å². The molecule has 1 fully saturated rings. The highest BCUT2D eigenvalue weighted by molar-refractivity contribution is 7.68. The van der Waals surface area contributed by atoms with Gasteiger partial charge in [-0.3, -0.25) is 4.79 Å². The van der Waals surface area contributed by atoms with Gasteiger partial charge in [0.05, 0.1) is 35.5 Å². The summed E-state index contributed by atoms with van der Waals surface area (Å²) in [6.45, 7) is 30.3. The van der Waals surface area contributed by atoms with Crippen molar-refractivity contribution in [1.29, 1.82) is 0 Å². The number of rotatable bonds is 11. The summed E-state index contributed by atoms with van der Waals surface area (Å²) in [6.07, 6.45) is 0.993. The van der Waals surface area contributed by atoms with Crippen LogP contribution in [0.1, 0.15) is 110 Å². The van der Waals surface area contributed by atoms with Crippen LogP contribution in [-0.2, 0) is 4.79 Å². The molecule has 3 aromatic rings. The van der Waals surface area contributed by atoms with Gasteiger partial charge in [0.2, 0.25) is 0 Å². The Hall–Kier alpha value is -3.04. The molecule has 0 spiro atoms. The highest BCUT2D eigenvalue weighted by Crippen LogP contribution is 2.64. The van der Waals surface area contributed by atoms with E-state index in [4.69, 9.17) is 18.9 Å². The molecule has 0 saturated carbocycles. The van der Waals surface area contributed by atoms with Crippen molar-refractivity contribution in [2.24, 2.45) is 10.8 Å². The molecule has 0 N–H and O–H groups in total. The molecular formula is C43H61O5P. The largest absolute Gasteiger partial charge is 0.490 e. The average molecular weight is 689 g/mol. The lowest BCUT2D eigenvalue weighted by atomic mass is 9.84. The predicted molar refractivity (Wildman–Crippen MR) is 208 cm³/mol. The molecule has 2 unspecified atom stereocenters. The van der Waals surface area contributed by atoms with Crippen LogP contribution in [0, 0.1) is 10.8 Å². The van der Waals surface area contributed by atoms with Crippen molar-refractivity contribution in [2.45, 2.75) is 146 Å². The Morgan fingerprint density at radius 3 is 1.08 bits per heavy atom. The standard InChI is InChI=1S/C43H61O5P/c1-26(2)45-33-20-16-21-34(46-27(3)4)39(33)31-18-15-19-32(40-35(47-28(5)6)22-17-23-36(40)48-29(7)8)41(31)49-37(42(9,10)11)24-30(44)25-38(49)43(12,13)14/h15-23,26-29,37-38H,24-25H2,1-14H3. The van der Waals surface area contributed by atoms with Crippen LogP contribution in [0.4, 0.5) is 0 Å². The molecule has 1 aliphatic rings. The van der Waals surface area contributed by atoms with Gasteiger partial charge < -0.3 is 18.9 Å². The average Bonchev–Trinajstić information content (AvgIpc) is 2.95. The minimum atomic E-state index is -0.959. The predicted octanol–water partition coefficient (Wildman–Crippen LogP) is 11.5. The number of carbonyl (C=O) groups excluding carboxylic acids is 1. The third kappa shape index (κ3) is 9.20. The first-order valence-corrected chi connectivity index (χ1v) is 19.6. The number of hydrogen-bond donors (Lipinski definition) is 0. The van der Waals surface area contributed by atoms with Crippen molar-refractivity contribution in [2.75, 3.05) is 0 Å². The molecule has 1 saturated heterocycles. The molecule has 268 valence electrons. The lowest BCUT2D eigenvalue weighted by Crippen LogP contribution is -2.44. The van der Waals surface area contributed by atoms with Crippen molar-refractivity contribution in [1.82, 2.24) is 0 Å². The zero-order valence-corrected chi connectivity index (χ0v) is 33.5. The molecule has 0 aromatic heterocycles. The van der Waals surface area contributed by atoms with Crippen molar-refractivity contribution < 1.29 is 23.7 Å². The van der Waals surface area contributed by atoms with Gasteiger partial charge in [-0.25, -0.2) is 0 Å². The second-order valence-corrected chi connectivity index (χ2v) is 19.3. The summed E-state index contributed by atoms with van der Waals surface area (Å²) in [5, 5.41) is 1.26. The summed E-state index contributed by atoms with van der Waals surface area (Å²) in [4.78, 5) is 13.7. The maximum atomic E-state index is 13.7. The molecule has 4 rings (SSSR count). The van der Waals surface area contributed by atoms with Gasteiger partial charge in [0, 0.05) is 12.8 Å². The van der Waals surface area contributed by atoms with Gasteiger partial charge in [0.15, 0.2) is 0 Å².